The van der Waals surface area contributed by atoms with Gasteiger partial charge < -0.3 is 54.5 Å². The molecule has 6 aromatic rings. The Hall–Kier alpha value is -6.84. The van der Waals surface area contributed by atoms with Gasteiger partial charge in [0.15, 0.2) is 0 Å². The van der Waals surface area contributed by atoms with Crippen molar-refractivity contribution in [1.82, 2.24) is 49.9 Å². The molecule has 3 fully saturated rings. The first kappa shape index (κ1) is 50.7. The Kier molecular flexibility index (Phi) is 13.8. The minimum Gasteiger partial charge on any atom is -0.464 e. The summed E-state index contributed by atoms with van der Waals surface area (Å²) in [5.74, 6) is 0.186. The van der Waals surface area contributed by atoms with Gasteiger partial charge in [-0.05, 0) is 108 Å². The number of H-pyrrole nitrogens is 2. The lowest BCUT2D eigenvalue weighted by Gasteiger charge is -2.38. The molecule has 7 atom stereocenters. The van der Waals surface area contributed by atoms with E-state index in [9.17, 15) is 24.3 Å². The van der Waals surface area contributed by atoms with Crippen molar-refractivity contribution in [3.8, 4) is 39.5 Å². The largest absolute Gasteiger partial charge is 0.464 e. The van der Waals surface area contributed by atoms with Gasteiger partial charge in [0, 0.05) is 35.8 Å². The van der Waals surface area contributed by atoms with Gasteiger partial charge in [0.1, 0.15) is 45.9 Å². The van der Waals surface area contributed by atoms with E-state index in [1.54, 1.807) is 43.4 Å². The average Bonchev–Trinajstić information content (AvgIpc) is 4.24. The Balaban J connectivity index is 0.960. The minimum atomic E-state index is -1.22. The van der Waals surface area contributed by atoms with Gasteiger partial charge >= 0.3 is 12.2 Å². The molecule has 3 saturated heterocycles. The highest BCUT2D eigenvalue weighted by Crippen LogP contribution is 2.49. The number of rotatable bonds is 12. The third kappa shape index (κ3) is 9.60. The van der Waals surface area contributed by atoms with Gasteiger partial charge in [-0.3, -0.25) is 14.2 Å². The molecule has 4 aromatic heterocycles. The molecule has 0 aliphatic carbocycles. The van der Waals surface area contributed by atoms with Crippen LogP contribution in [0.3, 0.4) is 0 Å². The summed E-state index contributed by atoms with van der Waals surface area (Å²) in [6.07, 6.45) is 6.88. The van der Waals surface area contributed by atoms with Crippen LogP contribution in [0, 0.1) is 17.7 Å². The standard InChI is InChI=1S/C53H63FN10O9S/c1-26(2)43(60-51(67)70-7)47(65)62-15-9-11-37(62)46-56-24-35(59-46)30-20-33(54)42-39-21-31-19-29(13-14-36(31)64(39)49(73-40(42)22-30)41-25-57-50(74-41)53(5,6)69)34-23-55-45(58-34)38-12-10-16-63(38)48(66)44(61-52(68)71-8)32-17-27(3)72-28(4)18-32/h13-14,19-28,32,37-38,43-44,49,69H,9-12,15-18H2,1-8H3,(H,55,58)(H,56,59)(H,60,67)(H,61,68). The molecular weight excluding hydrogens is 972 g/mol. The molecule has 4 aliphatic heterocycles. The maximum Gasteiger partial charge on any atom is 0.407 e. The number of hydrogen-bond acceptors (Lipinski definition) is 13. The smallest absolute Gasteiger partial charge is 0.407 e. The minimum absolute atomic E-state index is 0.0647. The fourth-order valence-corrected chi connectivity index (χ4v) is 12.2. The van der Waals surface area contributed by atoms with E-state index in [2.05, 4.69) is 30.6 Å². The summed E-state index contributed by atoms with van der Waals surface area (Å²) in [5, 5.41) is 17.8. The molecule has 2 aromatic carbocycles. The lowest BCUT2D eigenvalue weighted by Crippen LogP contribution is -2.54. The van der Waals surface area contributed by atoms with Crippen molar-refractivity contribution >= 4 is 46.2 Å². The molecule has 4 aliphatic rings. The number of aromatic nitrogens is 6. The third-order valence-electron chi connectivity index (χ3n) is 14.8. The predicted molar refractivity (Wildman–Crippen MR) is 272 cm³/mol. The van der Waals surface area contributed by atoms with E-state index in [1.165, 1.54) is 31.6 Å². The van der Waals surface area contributed by atoms with E-state index in [-0.39, 0.29) is 47.5 Å². The van der Waals surface area contributed by atoms with Crippen molar-refractivity contribution < 1.29 is 47.6 Å². The van der Waals surface area contributed by atoms with Crippen LogP contribution >= 0.6 is 11.3 Å². The highest BCUT2D eigenvalue weighted by molar-refractivity contribution is 7.11. The van der Waals surface area contributed by atoms with Crippen LogP contribution in [0.25, 0.3) is 44.7 Å². The molecule has 10 rings (SSSR count). The number of aliphatic hydroxyl groups is 1. The molecule has 5 N–H and O–H groups in total. The van der Waals surface area contributed by atoms with Gasteiger partial charge in [-0.15, -0.1) is 11.3 Å². The highest BCUT2D eigenvalue weighted by Gasteiger charge is 2.43. The Morgan fingerprint density at radius 1 is 0.838 bits per heavy atom. The monoisotopic (exact) mass is 1030 g/mol. The number of carbonyl (C=O) groups is 4. The van der Waals surface area contributed by atoms with Crippen molar-refractivity contribution in [2.75, 3.05) is 27.3 Å². The van der Waals surface area contributed by atoms with Crippen LogP contribution in [-0.4, -0.2) is 120 Å². The highest BCUT2D eigenvalue weighted by atomic mass is 32.1. The topological polar surface area (TPSA) is 231 Å². The Labute approximate surface area is 431 Å². The number of halogens is 1. The summed E-state index contributed by atoms with van der Waals surface area (Å²) >= 11 is 1.31. The summed E-state index contributed by atoms with van der Waals surface area (Å²) in [4.78, 5) is 78.2. The lowest BCUT2D eigenvalue weighted by molar-refractivity contribution is -0.138. The number of ether oxygens (including phenoxy) is 4. The SMILES string of the molecule is COC(=O)NC(C(=O)N1CCCC1c1ncc(-c2cc(F)c3c(c2)OC(c2cnc(C(C)(C)O)s2)n2c-3cc3cc(-c4cnc(C5CCCN5C(=O)C(NC(=O)OC)C5CC(C)OC(C)C5)[nH]4)ccc32)[nH]1)C(C)C. The van der Waals surface area contributed by atoms with Crippen molar-refractivity contribution in [1.29, 1.82) is 0 Å². The van der Waals surface area contributed by atoms with E-state index in [0.717, 1.165) is 35.0 Å². The van der Waals surface area contributed by atoms with Gasteiger partial charge in [-0.2, -0.15) is 0 Å². The number of nitrogens with one attached hydrogen (secondary N) is 4. The molecule has 19 nitrogen and oxygen atoms in total. The lowest BCUT2D eigenvalue weighted by atomic mass is 9.85. The average molecular weight is 1040 g/mol. The van der Waals surface area contributed by atoms with Crippen molar-refractivity contribution in [2.24, 2.45) is 11.8 Å². The fourth-order valence-electron chi connectivity index (χ4n) is 11.3. The number of aromatic amines is 2. The zero-order valence-corrected chi connectivity index (χ0v) is 43.5. The van der Waals surface area contributed by atoms with Gasteiger partial charge in [-0.1, -0.05) is 19.9 Å². The van der Waals surface area contributed by atoms with Crippen molar-refractivity contribution in [3.05, 3.63) is 82.3 Å². The van der Waals surface area contributed by atoms with E-state index in [1.807, 2.05) is 61.4 Å². The van der Waals surface area contributed by atoms with E-state index < -0.39 is 48.0 Å². The second kappa shape index (κ2) is 20.1. The van der Waals surface area contributed by atoms with Gasteiger partial charge in [0.25, 0.3) is 0 Å². The molecule has 0 spiro atoms. The molecule has 4 amide bonds. The van der Waals surface area contributed by atoms with Crippen LogP contribution in [0.1, 0.15) is 120 Å². The van der Waals surface area contributed by atoms with Crippen molar-refractivity contribution in [2.45, 2.75) is 128 Å². The molecule has 0 radical (unpaired) electrons. The number of imidazole rings is 2. The number of nitrogens with zero attached hydrogens (tertiary/aromatic N) is 6. The first-order valence-electron chi connectivity index (χ1n) is 25.3. The Morgan fingerprint density at radius 3 is 2.07 bits per heavy atom. The molecule has 7 unspecified atom stereocenters. The summed E-state index contributed by atoms with van der Waals surface area (Å²) in [5.41, 5.74) is 2.94. The van der Waals surface area contributed by atoms with Crippen LogP contribution in [0.2, 0.25) is 0 Å². The number of methoxy groups -OCH3 is 2. The quantitative estimate of drug-likeness (QED) is 0.0777. The maximum absolute atomic E-state index is 17.0. The van der Waals surface area contributed by atoms with Crippen molar-refractivity contribution in [3.63, 3.8) is 0 Å². The second-order valence-corrected chi connectivity index (χ2v) is 21.9. The van der Waals surface area contributed by atoms with Crippen LogP contribution in [0.5, 0.6) is 5.75 Å². The van der Waals surface area contributed by atoms with E-state index >= 15 is 4.39 Å². The number of thiazole rings is 1. The van der Waals surface area contributed by atoms with Gasteiger partial charge in [0.05, 0.1) is 83.9 Å². The third-order valence-corrected chi connectivity index (χ3v) is 16.1. The molecular formula is C53H63FN10O9S. The summed E-state index contributed by atoms with van der Waals surface area (Å²) in [6.45, 7) is 12.0. The molecule has 0 bridgehead atoms. The van der Waals surface area contributed by atoms with Crippen LogP contribution in [-0.2, 0) is 29.4 Å². The number of alkyl carbamates (subject to hydrolysis) is 2. The Bertz CT molecular complexity index is 3090. The first-order valence-corrected chi connectivity index (χ1v) is 26.1. The van der Waals surface area contributed by atoms with Crippen LogP contribution in [0.4, 0.5) is 14.0 Å². The summed E-state index contributed by atoms with van der Waals surface area (Å²) in [6, 6.07) is 8.78. The van der Waals surface area contributed by atoms with Crippen LogP contribution in [0.15, 0.2) is 55.0 Å². The van der Waals surface area contributed by atoms with Gasteiger partial charge in [0.2, 0.25) is 18.0 Å². The summed E-state index contributed by atoms with van der Waals surface area (Å²) < 4.78 is 41.5. The molecule has 392 valence electrons. The Morgan fingerprint density at radius 2 is 1.46 bits per heavy atom. The first-order chi connectivity index (χ1) is 35.4. The molecule has 74 heavy (non-hydrogen) atoms. The number of carbonyl (C=O) groups excluding carboxylic acids is 4. The normalized spacial score (nSPS) is 22.5. The zero-order chi connectivity index (χ0) is 52.3. The number of benzene rings is 2. The molecule has 8 heterocycles. The maximum atomic E-state index is 17.0. The molecule has 21 heteroatoms. The van der Waals surface area contributed by atoms with E-state index in [0.29, 0.717) is 83.0 Å². The van der Waals surface area contributed by atoms with Crippen LogP contribution < -0.4 is 15.4 Å². The summed E-state index contributed by atoms with van der Waals surface area (Å²) in [7, 11) is 2.55. The number of amides is 4. The predicted octanol–water partition coefficient (Wildman–Crippen LogP) is 8.49. The zero-order valence-electron chi connectivity index (χ0n) is 42.7. The van der Waals surface area contributed by atoms with E-state index in [4.69, 9.17) is 23.9 Å². The fraction of sp³-hybridized carbons (Fsp3) is 0.491. The number of likely N-dealkylation sites (tertiary alicyclic amines) is 2. The number of hydrogen-bond donors (Lipinski definition) is 5. The number of fused-ring (bicyclic) bond motifs is 5. The second-order valence-electron chi connectivity index (χ2n) is 20.8. The molecule has 0 saturated carbocycles. The van der Waals surface area contributed by atoms with Gasteiger partial charge in [-0.25, -0.2) is 28.9 Å².